The van der Waals surface area contributed by atoms with E-state index in [0.29, 0.717) is 37.4 Å². The van der Waals surface area contributed by atoms with Gasteiger partial charge in [-0.05, 0) is 42.2 Å². The number of methoxy groups -OCH3 is 1. The molecule has 1 aliphatic rings. The maximum atomic E-state index is 12.8. The van der Waals surface area contributed by atoms with Gasteiger partial charge in [-0.25, -0.2) is 9.59 Å². The molecule has 186 valence electrons. The maximum Gasteiger partial charge on any atom is 0.341 e. The van der Waals surface area contributed by atoms with E-state index in [1.807, 2.05) is 60.7 Å². The van der Waals surface area contributed by atoms with Crippen molar-refractivity contribution in [3.05, 3.63) is 95.6 Å². The Morgan fingerprint density at radius 3 is 2.03 bits per heavy atom. The van der Waals surface area contributed by atoms with E-state index in [9.17, 15) is 14.4 Å². The molecule has 3 N–H and O–H groups in total. The van der Waals surface area contributed by atoms with Crippen molar-refractivity contribution < 1.29 is 23.9 Å². The summed E-state index contributed by atoms with van der Waals surface area (Å²) in [6.07, 6.45) is 0.606. The fraction of sp³-hybridized carbons (Fsp3) is 0.250. The molecule has 0 aromatic heterocycles. The molecule has 0 bridgehead atoms. The van der Waals surface area contributed by atoms with Crippen molar-refractivity contribution in [2.75, 3.05) is 25.5 Å². The van der Waals surface area contributed by atoms with Crippen LogP contribution in [0.15, 0.2) is 78.9 Å². The number of piperidine rings is 1. The molecule has 0 spiro atoms. The summed E-state index contributed by atoms with van der Waals surface area (Å²) in [5, 5.41) is 2.83. The molecular weight excluding hydrogens is 458 g/mol. The highest BCUT2D eigenvalue weighted by Crippen LogP contribution is 2.32. The molecule has 1 saturated heterocycles. The third-order valence-corrected chi connectivity index (χ3v) is 6.27. The van der Waals surface area contributed by atoms with Crippen molar-refractivity contribution in [3.8, 4) is 5.75 Å². The summed E-state index contributed by atoms with van der Waals surface area (Å²) in [4.78, 5) is 38.5. The Kier molecular flexibility index (Phi) is 7.85. The summed E-state index contributed by atoms with van der Waals surface area (Å²) in [6, 6.07) is 24.0. The number of nitrogens with zero attached hydrogens (tertiary/aromatic N) is 1. The smallest absolute Gasteiger partial charge is 0.341 e. The van der Waals surface area contributed by atoms with Gasteiger partial charge in [0.05, 0.1) is 7.11 Å². The first-order chi connectivity index (χ1) is 17.5. The van der Waals surface area contributed by atoms with Crippen molar-refractivity contribution in [2.45, 2.75) is 18.9 Å². The Morgan fingerprint density at radius 2 is 1.50 bits per heavy atom. The van der Waals surface area contributed by atoms with Crippen LogP contribution in [0.5, 0.6) is 5.75 Å². The Balaban J connectivity index is 1.56. The molecule has 0 aliphatic carbocycles. The third-order valence-electron chi connectivity index (χ3n) is 6.27. The first-order valence-corrected chi connectivity index (χ1v) is 11.8. The van der Waals surface area contributed by atoms with E-state index in [0.717, 1.165) is 11.1 Å². The lowest BCUT2D eigenvalue weighted by atomic mass is 9.96. The number of amides is 3. The zero-order valence-electron chi connectivity index (χ0n) is 20.1. The molecular formula is C28H29N3O5. The van der Waals surface area contributed by atoms with E-state index in [-0.39, 0.29) is 23.4 Å². The zero-order chi connectivity index (χ0) is 25.5. The van der Waals surface area contributed by atoms with Crippen LogP contribution in [-0.4, -0.2) is 43.0 Å². The van der Waals surface area contributed by atoms with Gasteiger partial charge in [0.2, 0.25) is 5.91 Å². The van der Waals surface area contributed by atoms with Crippen molar-refractivity contribution in [2.24, 2.45) is 11.7 Å². The second kappa shape index (κ2) is 11.4. The number of esters is 1. The van der Waals surface area contributed by atoms with E-state index < -0.39 is 12.1 Å². The van der Waals surface area contributed by atoms with Crippen LogP contribution in [0.4, 0.5) is 10.5 Å². The third kappa shape index (κ3) is 5.83. The lowest BCUT2D eigenvalue weighted by Gasteiger charge is -2.30. The fourth-order valence-electron chi connectivity index (χ4n) is 4.26. The van der Waals surface area contributed by atoms with E-state index in [1.165, 1.54) is 7.11 Å². The van der Waals surface area contributed by atoms with Gasteiger partial charge in [0.15, 0.2) is 0 Å². The lowest BCUT2D eigenvalue weighted by molar-refractivity contribution is -0.122. The first-order valence-electron chi connectivity index (χ1n) is 11.8. The van der Waals surface area contributed by atoms with Gasteiger partial charge in [-0.3, -0.25) is 4.79 Å². The number of likely N-dealkylation sites (tertiary alicyclic amines) is 1. The number of nitrogens with one attached hydrogen (secondary N) is 1. The first kappa shape index (κ1) is 24.8. The van der Waals surface area contributed by atoms with Crippen molar-refractivity contribution >= 4 is 23.6 Å². The van der Waals surface area contributed by atoms with Gasteiger partial charge in [0, 0.05) is 24.7 Å². The van der Waals surface area contributed by atoms with Crippen LogP contribution < -0.4 is 15.8 Å². The Bertz CT molecular complexity index is 1170. The number of rotatable bonds is 7. The standard InChI is InChI=1S/C28H29N3O5/c1-35-27(33)23-18-22(30-28(34)31-16-14-21(15-17-31)26(29)32)12-13-24(23)36-25(19-8-4-2-5-9-19)20-10-6-3-7-11-20/h2-13,18,21,25H,14-17H2,1H3,(H2,29,32)(H,30,34). The Morgan fingerprint density at radius 1 is 0.917 bits per heavy atom. The summed E-state index contributed by atoms with van der Waals surface area (Å²) in [5.41, 5.74) is 7.86. The van der Waals surface area contributed by atoms with Crippen LogP contribution in [0.3, 0.4) is 0 Å². The molecule has 1 fully saturated rings. The van der Waals surface area contributed by atoms with Crippen LogP contribution >= 0.6 is 0 Å². The van der Waals surface area contributed by atoms with Crippen molar-refractivity contribution in [1.29, 1.82) is 0 Å². The molecule has 1 aliphatic heterocycles. The minimum absolute atomic E-state index is 0.194. The summed E-state index contributed by atoms with van der Waals surface area (Å²) >= 11 is 0. The van der Waals surface area contributed by atoms with Crippen LogP contribution in [0.25, 0.3) is 0 Å². The molecule has 0 unspecified atom stereocenters. The summed E-state index contributed by atoms with van der Waals surface area (Å²) < 4.78 is 11.4. The monoisotopic (exact) mass is 487 g/mol. The number of urea groups is 1. The molecule has 8 heteroatoms. The average Bonchev–Trinajstić information content (AvgIpc) is 2.92. The van der Waals surface area contributed by atoms with Gasteiger partial charge in [-0.2, -0.15) is 0 Å². The number of nitrogens with two attached hydrogens (primary N) is 1. The second-order valence-electron chi connectivity index (χ2n) is 8.62. The fourth-order valence-corrected chi connectivity index (χ4v) is 4.26. The number of primary amides is 1. The number of ether oxygens (including phenoxy) is 2. The zero-order valence-corrected chi connectivity index (χ0v) is 20.1. The molecule has 4 rings (SSSR count). The quantitative estimate of drug-likeness (QED) is 0.481. The minimum atomic E-state index is -0.580. The van der Waals surface area contributed by atoms with Gasteiger partial charge < -0.3 is 25.4 Å². The molecule has 0 radical (unpaired) electrons. The summed E-state index contributed by atoms with van der Waals surface area (Å²) in [5.74, 6) is -0.792. The van der Waals surface area contributed by atoms with Gasteiger partial charge >= 0.3 is 12.0 Å². The van der Waals surface area contributed by atoms with Crippen LogP contribution in [0.2, 0.25) is 0 Å². The molecule has 8 nitrogen and oxygen atoms in total. The highest BCUT2D eigenvalue weighted by Gasteiger charge is 2.26. The summed E-state index contributed by atoms with van der Waals surface area (Å²) in [7, 11) is 1.30. The Hall–Kier alpha value is -4.33. The van der Waals surface area contributed by atoms with Crippen molar-refractivity contribution in [3.63, 3.8) is 0 Å². The van der Waals surface area contributed by atoms with Crippen LogP contribution in [0.1, 0.15) is 40.4 Å². The Labute approximate surface area is 210 Å². The molecule has 3 aromatic rings. The predicted molar refractivity (Wildman–Crippen MR) is 136 cm³/mol. The van der Waals surface area contributed by atoms with E-state index in [2.05, 4.69) is 5.32 Å². The number of hydrogen-bond acceptors (Lipinski definition) is 5. The molecule has 0 atom stereocenters. The van der Waals surface area contributed by atoms with Gasteiger partial charge in [-0.15, -0.1) is 0 Å². The number of benzene rings is 3. The molecule has 1 heterocycles. The van der Waals surface area contributed by atoms with Gasteiger partial charge in [0.25, 0.3) is 0 Å². The largest absolute Gasteiger partial charge is 0.480 e. The highest BCUT2D eigenvalue weighted by molar-refractivity contribution is 5.96. The number of anilines is 1. The molecule has 3 amide bonds. The van der Waals surface area contributed by atoms with E-state index in [1.54, 1.807) is 23.1 Å². The lowest BCUT2D eigenvalue weighted by Crippen LogP contribution is -2.43. The van der Waals surface area contributed by atoms with Crippen molar-refractivity contribution in [1.82, 2.24) is 4.90 Å². The number of carbonyl (C=O) groups is 3. The second-order valence-corrected chi connectivity index (χ2v) is 8.62. The van der Waals surface area contributed by atoms with Crippen LogP contribution in [0, 0.1) is 5.92 Å². The molecule has 36 heavy (non-hydrogen) atoms. The van der Waals surface area contributed by atoms with E-state index in [4.69, 9.17) is 15.2 Å². The minimum Gasteiger partial charge on any atom is -0.480 e. The maximum absolute atomic E-state index is 12.8. The number of carbonyl (C=O) groups excluding carboxylic acids is 3. The average molecular weight is 488 g/mol. The number of hydrogen-bond donors (Lipinski definition) is 2. The SMILES string of the molecule is COC(=O)c1cc(NC(=O)N2CCC(C(N)=O)CC2)ccc1OC(c1ccccc1)c1ccccc1. The van der Waals surface area contributed by atoms with Gasteiger partial charge in [-0.1, -0.05) is 60.7 Å². The normalized spacial score (nSPS) is 13.8. The molecule has 0 saturated carbocycles. The molecule has 3 aromatic carbocycles. The van der Waals surface area contributed by atoms with Gasteiger partial charge in [0.1, 0.15) is 17.4 Å². The topological polar surface area (TPSA) is 111 Å². The summed E-state index contributed by atoms with van der Waals surface area (Å²) in [6.45, 7) is 0.862. The highest BCUT2D eigenvalue weighted by atomic mass is 16.5. The predicted octanol–water partition coefficient (Wildman–Crippen LogP) is 4.37. The van der Waals surface area contributed by atoms with Crippen LogP contribution in [-0.2, 0) is 9.53 Å². The van der Waals surface area contributed by atoms with E-state index >= 15 is 0 Å².